The van der Waals surface area contributed by atoms with E-state index in [1.54, 1.807) is 43.5 Å². The molecule has 3 aromatic carbocycles. The van der Waals surface area contributed by atoms with Crippen molar-refractivity contribution >= 4 is 39.1 Å². The summed E-state index contributed by atoms with van der Waals surface area (Å²) in [6.45, 7) is 3.20. The van der Waals surface area contributed by atoms with Crippen molar-refractivity contribution in [3.8, 4) is 11.5 Å². The van der Waals surface area contributed by atoms with Crippen LogP contribution < -0.4 is 19.1 Å². The van der Waals surface area contributed by atoms with Gasteiger partial charge in [-0.05, 0) is 74.2 Å². The van der Waals surface area contributed by atoms with Crippen molar-refractivity contribution in [2.24, 2.45) is 0 Å². The number of halogens is 1. The largest absolute Gasteiger partial charge is 0.497 e. The topological polar surface area (TPSA) is 105 Å². The van der Waals surface area contributed by atoms with Gasteiger partial charge in [0.05, 0.1) is 24.8 Å². The first-order valence-electron chi connectivity index (χ1n) is 14.7. The maximum Gasteiger partial charge on any atom is 0.264 e. The van der Waals surface area contributed by atoms with Gasteiger partial charge in [-0.25, -0.2) is 8.42 Å². The van der Waals surface area contributed by atoms with Gasteiger partial charge in [-0.2, -0.15) is 0 Å². The normalized spacial score (nSPS) is 14.1. The van der Waals surface area contributed by atoms with E-state index in [2.05, 4.69) is 5.32 Å². The summed E-state index contributed by atoms with van der Waals surface area (Å²) in [5.41, 5.74) is 1.76. The molecule has 0 spiro atoms. The van der Waals surface area contributed by atoms with Gasteiger partial charge in [0.1, 0.15) is 24.1 Å². The quantitative estimate of drug-likeness (QED) is 0.256. The Morgan fingerprint density at radius 2 is 1.64 bits per heavy atom. The fourth-order valence-corrected chi connectivity index (χ4v) is 7.01. The van der Waals surface area contributed by atoms with Crippen LogP contribution >= 0.6 is 11.6 Å². The maximum absolute atomic E-state index is 14.4. The molecule has 0 aromatic heterocycles. The van der Waals surface area contributed by atoms with Gasteiger partial charge in [-0.15, -0.1) is 0 Å². The number of hydrogen-bond acceptors (Lipinski definition) is 6. The summed E-state index contributed by atoms with van der Waals surface area (Å²) >= 11 is 6.33. The summed E-state index contributed by atoms with van der Waals surface area (Å²) in [7, 11) is -1.29. The highest BCUT2D eigenvalue weighted by molar-refractivity contribution is 7.92. The highest BCUT2D eigenvalue weighted by Gasteiger charge is 2.35. The third kappa shape index (κ3) is 7.84. The van der Waals surface area contributed by atoms with Gasteiger partial charge in [-0.1, -0.05) is 61.2 Å². The van der Waals surface area contributed by atoms with Crippen molar-refractivity contribution in [1.29, 1.82) is 0 Å². The number of amides is 2. The van der Waals surface area contributed by atoms with Gasteiger partial charge >= 0.3 is 0 Å². The second-order valence-corrected chi connectivity index (χ2v) is 13.2. The lowest BCUT2D eigenvalue weighted by molar-refractivity contribution is -0.140. The van der Waals surface area contributed by atoms with Crippen LogP contribution in [0.5, 0.6) is 11.5 Å². The predicted octanol–water partition coefficient (Wildman–Crippen LogP) is 5.73. The third-order valence-corrected chi connectivity index (χ3v) is 9.91. The second-order valence-electron chi connectivity index (χ2n) is 10.9. The Morgan fingerprint density at radius 3 is 2.23 bits per heavy atom. The molecule has 0 heterocycles. The summed E-state index contributed by atoms with van der Waals surface area (Å²) in [5, 5.41) is 3.39. The van der Waals surface area contributed by atoms with Gasteiger partial charge in [0, 0.05) is 17.6 Å². The van der Waals surface area contributed by atoms with Crippen molar-refractivity contribution in [3.63, 3.8) is 0 Å². The van der Waals surface area contributed by atoms with Crippen LogP contribution in [0.4, 0.5) is 5.69 Å². The van der Waals surface area contributed by atoms with Crippen molar-refractivity contribution in [2.45, 2.75) is 69.5 Å². The van der Waals surface area contributed by atoms with E-state index in [4.69, 9.17) is 21.1 Å². The number of ether oxygens (including phenoxy) is 2. The van der Waals surface area contributed by atoms with Crippen molar-refractivity contribution < 1.29 is 27.5 Å². The molecule has 1 fully saturated rings. The Balaban J connectivity index is 1.76. The Hall–Kier alpha value is -3.76. The smallest absolute Gasteiger partial charge is 0.264 e. The molecule has 4 rings (SSSR count). The summed E-state index contributed by atoms with van der Waals surface area (Å²) in [6.07, 6.45) is 4.22. The number of anilines is 1. The van der Waals surface area contributed by atoms with Gasteiger partial charge < -0.3 is 19.7 Å². The Kier molecular flexibility index (Phi) is 11.2. The average Bonchev–Trinajstić information content (AvgIpc) is 3.53. The SMILES string of the molecule is CCC(C(=O)NC1CCCC1)N(Cc1ccc(OC)cc1)C(=O)CN(c1cc(Cl)ccc1OC)S(=O)(=O)c1ccc(C)cc1. The minimum Gasteiger partial charge on any atom is -0.497 e. The Bertz CT molecular complexity index is 1540. The molecule has 0 saturated heterocycles. The number of sulfonamides is 1. The highest BCUT2D eigenvalue weighted by atomic mass is 35.5. The number of hydrogen-bond donors (Lipinski definition) is 1. The number of nitrogens with zero attached hydrogens (tertiary/aromatic N) is 2. The van der Waals surface area contributed by atoms with Crippen LogP contribution in [-0.4, -0.2) is 58.0 Å². The van der Waals surface area contributed by atoms with E-state index >= 15 is 0 Å². The monoisotopic (exact) mass is 641 g/mol. The molecule has 44 heavy (non-hydrogen) atoms. The molecule has 1 N–H and O–H groups in total. The van der Waals surface area contributed by atoms with E-state index in [0.29, 0.717) is 12.2 Å². The molecule has 1 saturated carbocycles. The molecule has 9 nitrogen and oxygen atoms in total. The first-order valence-corrected chi connectivity index (χ1v) is 16.5. The number of rotatable bonds is 13. The highest BCUT2D eigenvalue weighted by Crippen LogP contribution is 2.35. The van der Waals surface area contributed by atoms with Gasteiger partial charge in [0.25, 0.3) is 10.0 Å². The molecule has 0 aliphatic heterocycles. The summed E-state index contributed by atoms with van der Waals surface area (Å²) < 4.78 is 40.2. The first-order chi connectivity index (χ1) is 21.1. The minimum atomic E-state index is -4.27. The lowest BCUT2D eigenvalue weighted by Crippen LogP contribution is -2.53. The number of methoxy groups -OCH3 is 2. The Labute approximate surface area is 265 Å². The molecule has 3 aromatic rings. The zero-order valence-corrected chi connectivity index (χ0v) is 27.2. The summed E-state index contributed by atoms with van der Waals surface area (Å²) in [4.78, 5) is 29.4. The van der Waals surface area contributed by atoms with Crippen LogP contribution in [0, 0.1) is 6.92 Å². The molecule has 0 bridgehead atoms. The molecular formula is C33H40ClN3O6S. The number of aryl methyl sites for hydroxylation is 1. The van der Waals surface area contributed by atoms with Crippen LogP contribution in [-0.2, 0) is 26.2 Å². The van der Waals surface area contributed by atoms with E-state index in [1.165, 1.54) is 30.2 Å². The van der Waals surface area contributed by atoms with Crippen molar-refractivity contribution in [1.82, 2.24) is 10.2 Å². The fourth-order valence-electron chi connectivity index (χ4n) is 5.42. The molecular weight excluding hydrogens is 602 g/mol. The zero-order valence-electron chi connectivity index (χ0n) is 25.6. The van der Waals surface area contributed by atoms with Gasteiger partial charge in [0.15, 0.2) is 0 Å². The molecule has 1 atom stereocenters. The predicted molar refractivity (Wildman–Crippen MR) is 172 cm³/mol. The molecule has 2 amide bonds. The minimum absolute atomic E-state index is 0.00523. The molecule has 11 heteroatoms. The first kappa shape index (κ1) is 33.1. The van der Waals surface area contributed by atoms with Gasteiger partial charge in [0.2, 0.25) is 11.8 Å². The standard InChI is InChI=1S/C33H40ClN3O6S/c1-5-29(33(39)35-26-8-6-7-9-26)36(21-24-12-15-27(42-3)16-13-24)32(38)22-37(30-20-25(34)14-19-31(30)43-4)44(40,41)28-17-10-23(2)11-18-28/h10-20,26,29H,5-9,21-22H2,1-4H3,(H,35,39). The van der Waals surface area contributed by atoms with Crippen molar-refractivity contribution in [2.75, 3.05) is 25.1 Å². The van der Waals surface area contributed by atoms with E-state index in [-0.39, 0.29) is 39.8 Å². The van der Waals surface area contributed by atoms with E-state index in [1.807, 2.05) is 26.0 Å². The lowest BCUT2D eigenvalue weighted by atomic mass is 10.1. The van der Waals surface area contributed by atoms with Crippen LogP contribution in [0.2, 0.25) is 5.02 Å². The van der Waals surface area contributed by atoms with Crippen LogP contribution in [0.25, 0.3) is 0 Å². The lowest BCUT2D eigenvalue weighted by Gasteiger charge is -2.34. The van der Waals surface area contributed by atoms with Crippen LogP contribution in [0.3, 0.4) is 0 Å². The molecule has 1 aliphatic carbocycles. The Morgan fingerprint density at radius 1 is 0.977 bits per heavy atom. The zero-order chi connectivity index (χ0) is 31.9. The number of nitrogens with one attached hydrogen (secondary N) is 1. The van der Waals surface area contributed by atoms with E-state index in [0.717, 1.165) is 41.1 Å². The molecule has 1 unspecified atom stereocenters. The number of carbonyl (C=O) groups excluding carboxylic acids is 2. The molecule has 0 radical (unpaired) electrons. The number of benzene rings is 3. The molecule has 1 aliphatic rings. The second kappa shape index (κ2) is 14.8. The average molecular weight is 642 g/mol. The number of carbonyl (C=O) groups is 2. The summed E-state index contributed by atoms with van der Waals surface area (Å²) in [5.74, 6) is 0.0770. The van der Waals surface area contributed by atoms with E-state index < -0.39 is 28.5 Å². The fraction of sp³-hybridized carbons (Fsp3) is 0.394. The van der Waals surface area contributed by atoms with E-state index in [9.17, 15) is 18.0 Å². The van der Waals surface area contributed by atoms with Crippen LogP contribution in [0.15, 0.2) is 71.6 Å². The maximum atomic E-state index is 14.4. The van der Waals surface area contributed by atoms with Crippen molar-refractivity contribution in [3.05, 3.63) is 82.9 Å². The molecule has 236 valence electrons. The van der Waals surface area contributed by atoms with Gasteiger partial charge in [-0.3, -0.25) is 13.9 Å². The third-order valence-electron chi connectivity index (χ3n) is 7.90. The summed E-state index contributed by atoms with van der Waals surface area (Å²) in [6, 6.07) is 17.4. The van der Waals surface area contributed by atoms with Crippen LogP contribution in [0.1, 0.15) is 50.2 Å².